The molecule has 0 amide bonds. The van der Waals surface area contributed by atoms with Crippen LogP contribution in [0.3, 0.4) is 0 Å². The van der Waals surface area contributed by atoms with Gasteiger partial charge in [0.15, 0.2) is 0 Å². The fraction of sp³-hybridized carbons (Fsp3) is 0.600. The van der Waals surface area contributed by atoms with E-state index in [1.807, 2.05) is 6.92 Å². The minimum Gasteiger partial charge on any atom is -0.392 e. The second-order valence-electron chi connectivity index (χ2n) is 5.41. The Morgan fingerprint density at radius 3 is 2.48 bits per heavy atom. The van der Waals surface area contributed by atoms with Crippen molar-refractivity contribution in [3.63, 3.8) is 0 Å². The molecule has 1 aromatic rings. The maximum atomic E-state index is 12.8. The van der Waals surface area contributed by atoms with Gasteiger partial charge in [0.05, 0.1) is 11.5 Å². The number of aliphatic hydroxyl groups is 1. The van der Waals surface area contributed by atoms with Gasteiger partial charge in [-0.1, -0.05) is 43.9 Å². The van der Waals surface area contributed by atoms with Crippen molar-refractivity contribution in [1.82, 2.24) is 4.31 Å². The summed E-state index contributed by atoms with van der Waals surface area (Å²) in [5, 5.41) is 9.42. The fourth-order valence-electron chi connectivity index (χ4n) is 2.95. The lowest BCUT2D eigenvalue weighted by atomic mass is 9.95. The summed E-state index contributed by atoms with van der Waals surface area (Å²) in [6.45, 7) is 2.14. The second kappa shape index (κ2) is 7.09. The Hall–Kier alpha value is -0.620. The highest BCUT2D eigenvalue weighted by molar-refractivity contribution is 7.89. The molecule has 4 nitrogen and oxygen atoms in total. The largest absolute Gasteiger partial charge is 0.392 e. The number of halogens is 1. The Bertz CT molecular complexity index is 583. The molecule has 0 spiro atoms. The van der Waals surface area contributed by atoms with Crippen LogP contribution in [-0.4, -0.2) is 30.4 Å². The first-order chi connectivity index (χ1) is 10.0. The lowest BCUT2D eigenvalue weighted by Gasteiger charge is -2.32. The summed E-state index contributed by atoms with van der Waals surface area (Å²) >= 11 is 6.03. The van der Waals surface area contributed by atoms with E-state index < -0.39 is 10.0 Å². The van der Waals surface area contributed by atoms with Gasteiger partial charge < -0.3 is 5.11 Å². The average molecular weight is 332 g/mol. The zero-order valence-electron chi connectivity index (χ0n) is 12.3. The lowest BCUT2D eigenvalue weighted by molar-refractivity contribution is 0.261. The van der Waals surface area contributed by atoms with Gasteiger partial charge in [-0.15, -0.1) is 0 Å². The summed E-state index contributed by atoms with van der Waals surface area (Å²) in [6.07, 6.45) is 5.21. The third kappa shape index (κ3) is 3.59. The molecule has 118 valence electrons. The molecule has 0 saturated heterocycles. The first kappa shape index (κ1) is 16.7. The summed E-state index contributed by atoms with van der Waals surface area (Å²) in [5.41, 5.74) is 0.538. The molecule has 1 aromatic carbocycles. The number of aliphatic hydroxyl groups excluding tert-OH is 1. The van der Waals surface area contributed by atoms with Gasteiger partial charge >= 0.3 is 0 Å². The topological polar surface area (TPSA) is 57.6 Å². The van der Waals surface area contributed by atoms with Gasteiger partial charge in [0.2, 0.25) is 10.0 Å². The molecule has 1 fully saturated rings. The number of hydrogen-bond donors (Lipinski definition) is 1. The molecule has 1 saturated carbocycles. The van der Waals surface area contributed by atoms with Crippen LogP contribution in [0.2, 0.25) is 5.02 Å². The SMILES string of the molecule is CCN(C1CCCCC1)S(=O)(=O)c1ccc(CO)c(Cl)c1. The molecule has 0 heterocycles. The van der Waals surface area contributed by atoms with Crippen LogP contribution >= 0.6 is 11.6 Å². The molecule has 1 aliphatic rings. The molecule has 6 heteroatoms. The standard InChI is InChI=1S/C15H22ClNO3S/c1-2-17(13-6-4-3-5-7-13)21(19,20)14-9-8-12(11-18)15(16)10-14/h8-10,13,18H,2-7,11H2,1H3. The molecule has 0 radical (unpaired) electrons. The molecule has 2 rings (SSSR count). The molecule has 1 aliphatic carbocycles. The number of rotatable bonds is 5. The summed E-state index contributed by atoms with van der Waals surface area (Å²) < 4.78 is 27.2. The summed E-state index contributed by atoms with van der Waals surface area (Å²) in [6, 6.07) is 4.63. The molecule has 0 aliphatic heterocycles. The molecular weight excluding hydrogens is 310 g/mol. The molecule has 21 heavy (non-hydrogen) atoms. The summed E-state index contributed by atoms with van der Waals surface area (Å²) in [7, 11) is -3.53. The third-order valence-electron chi connectivity index (χ3n) is 4.10. The van der Waals surface area contributed by atoms with Crippen molar-refractivity contribution in [2.24, 2.45) is 0 Å². The average Bonchev–Trinajstić information content (AvgIpc) is 2.48. The first-order valence-electron chi connectivity index (χ1n) is 7.41. The van der Waals surface area contributed by atoms with Crippen LogP contribution in [0, 0.1) is 0 Å². The predicted molar refractivity (Wildman–Crippen MR) is 83.8 cm³/mol. The van der Waals surface area contributed by atoms with E-state index in [-0.39, 0.29) is 17.5 Å². The van der Waals surface area contributed by atoms with Crippen molar-refractivity contribution >= 4 is 21.6 Å². The van der Waals surface area contributed by atoms with E-state index in [9.17, 15) is 8.42 Å². The van der Waals surface area contributed by atoms with E-state index in [1.165, 1.54) is 18.6 Å². The van der Waals surface area contributed by atoms with Crippen LogP contribution < -0.4 is 0 Å². The van der Waals surface area contributed by atoms with Gasteiger partial charge in [-0.25, -0.2) is 8.42 Å². The number of hydrogen-bond acceptors (Lipinski definition) is 3. The molecular formula is C15H22ClNO3S. The Balaban J connectivity index is 2.32. The van der Waals surface area contributed by atoms with E-state index in [1.54, 1.807) is 10.4 Å². The first-order valence-corrected chi connectivity index (χ1v) is 9.23. The molecule has 0 atom stereocenters. The maximum Gasteiger partial charge on any atom is 0.243 e. The molecule has 1 N–H and O–H groups in total. The van der Waals surface area contributed by atoms with Gasteiger partial charge in [-0.2, -0.15) is 4.31 Å². The lowest BCUT2D eigenvalue weighted by Crippen LogP contribution is -2.41. The minimum atomic E-state index is -3.53. The van der Waals surface area contributed by atoms with Gasteiger partial charge in [0, 0.05) is 17.6 Å². The smallest absolute Gasteiger partial charge is 0.243 e. The summed E-state index contributed by atoms with van der Waals surface area (Å²) in [5.74, 6) is 0. The zero-order valence-corrected chi connectivity index (χ0v) is 13.8. The highest BCUT2D eigenvalue weighted by Gasteiger charge is 2.31. The third-order valence-corrected chi connectivity index (χ3v) is 6.47. The van der Waals surface area contributed by atoms with Gasteiger partial charge in [0.1, 0.15) is 0 Å². The minimum absolute atomic E-state index is 0.0880. The number of benzene rings is 1. The Morgan fingerprint density at radius 1 is 1.29 bits per heavy atom. The maximum absolute atomic E-state index is 12.8. The van der Waals surface area contributed by atoms with Crippen LogP contribution in [0.15, 0.2) is 23.1 Å². The van der Waals surface area contributed by atoms with E-state index in [4.69, 9.17) is 16.7 Å². The van der Waals surface area contributed by atoms with Crippen LogP contribution in [-0.2, 0) is 16.6 Å². The van der Waals surface area contributed by atoms with Gasteiger partial charge in [-0.05, 0) is 30.5 Å². The van der Waals surface area contributed by atoms with Crippen molar-refractivity contribution in [2.75, 3.05) is 6.54 Å². The number of nitrogens with zero attached hydrogens (tertiary/aromatic N) is 1. The van der Waals surface area contributed by atoms with Crippen LogP contribution in [0.25, 0.3) is 0 Å². The quantitative estimate of drug-likeness (QED) is 0.901. The Kier molecular flexibility index (Phi) is 5.66. The van der Waals surface area contributed by atoms with Crippen molar-refractivity contribution in [2.45, 2.75) is 56.6 Å². The van der Waals surface area contributed by atoms with Crippen LogP contribution in [0.1, 0.15) is 44.6 Å². The highest BCUT2D eigenvalue weighted by Crippen LogP contribution is 2.29. The van der Waals surface area contributed by atoms with Crippen LogP contribution in [0.4, 0.5) is 0 Å². The van der Waals surface area contributed by atoms with Gasteiger partial charge in [-0.3, -0.25) is 0 Å². The van der Waals surface area contributed by atoms with E-state index >= 15 is 0 Å². The monoisotopic (exact) mass is 331 g/mol. The van der Waals surface area contributed by atoms with E-state index in [0.29, 0.717) is 17.1 Å². The van der Waals surface area contributed by atoms with Crippen molar-refractivity contribution in [1.29, 1.82) is 0 Å². The normalized spacial score (nSPS) is 17.3. The molecule has 0 aromatic heterocycles. The summed E-state index contributed by atoms with van der Waals surface area (Å²) in [4.78, 5) is 0.206. The second-order valence-corrected chi connectivity index (χ2v) is 7.71. The fourth-order valence-corrected chi connectivity index (χ4v) is 4.97. The van der Waals surface area contributed by atoms with Crippen molar-refractivity contribution < 1.29 is 13.5 Å². The molecule has 0 unspecified atom stereocenters. The Morgan fingerprint density at radius 2 is 1.95 bits per heavy atom. The Labute approximate surface area is 131 Å². The van der Waals surface area contributed by atoms with Crippen molar-refractivity contribution in [3.05, 3.63) is 28.8 Å². The van der Waals surface area contributed by atoms with Gasteiger partial charge in [0.25, 0.3) is 0 Å². The van der Waals surface area contributed by atoms with E-state index in [2.05, 4.69) is 0 Å². The predicted octanol–water partition coefficient (Wildman–Crippen LogP) is 3.18. The molecule has 0 bridgehead atoms. The zero-order chi connectivity index (χ0) is 15.5. The highest BCUT2D eigenvalue weighted by atomic mass is 35.5. The van der Waals surface area contributed by atoms with Crippen LogP contribution in [0.5, 0.6) is 0 Å². The van der Waals surface area contributed by atoms with E-state index in [0.717, 1.165) is 25.7 Å². The van der Waals surface area contributed by atoms with Crippen molar-refractivity contribution in [3.8, 4) is 0 Å². The number of sulfonamides is 1.